The van der Waals surface area contributed by atoms with Gasteiger partial charge >= 0.3 is 5.97 Å². The molecule has 0 aromatic rings. The average molecular weight is 251 g/mol. The molecule has 0 heterocycles. The number of hydrogen-bond donors (Lipinski definition) is 3. The van der Waals surface area contributed by atoms with E-state index in [1.165, 1.54) is 0 Å². The normalized spacial score (nSPS) is 25.8. The van der Waals surface area contributed by atoms with Crippen molar-refractivity contribution < 1.29 is 23.4 Å². The van der Waals surface area contributed by atoms with Crippen LogP contribution in [0.15, 0.2) is 0 Å². The number of hydrogen-bond acceptors (Lipinski definition) is 4. The maximum Gasteiger partial charge on any atom is 0.320 e. The van der Waals surface area contributed by atoms with Gasteiger partial charge in [-0.3, -0.25) is 4.79 Å². The zero-order chi connectivity index (χ0) is 12.2. The number of sulfonamides is 1. The minimum Gasteiger partial charge on any atom is -0.480 e. The van der Waals surface area contributed by atoms with Crippen LogP contribution in [0.2, 0.25) is 0 Å². The fourth-order valence-corrected chi connectivity index (χ4v) is 2.97. The molecule has 1 aliphatic rings. The molecule has 0 aliphatic heterocycles. The quantitative estimate of drug-likeness (QED) is 0.585. The predicted molar refractivity (Wildman–Crippen MR) is 57.3 cm³/mol. The molecule has 16 heavy (non-hydrogen) atoms. The topological polar surface area (TPSA) is 104 Å². The highest BCUT2D eigenvalue weighted by atomic mass is 32.2. The first-order valence-electron chi connectivity index (χ1n) is 5.24. The summed E-state index contributed by atoms with van der Waals surface area (Å²) >= 11 is 0. The summed E-state index contributed by atoms with van der Waals surface area (Å²) in [6, 6.07) is 0. The van der Waals surface area contributed by atoms with E-state index >= 15 is 0 Å². The van der Waals surface area contributed by atoms with Crippen molar-refractivity contribution >= 4 is 16.0 Å². The predicted octanol–water partition coefficient (Wildman–Crippen LogP) is -0.601. The van der Waals surface area contributed by atoms with Gasteiger partial charge < -0.3 is 10.2 Å². The van der Waals surface area contributed by atoms with Gasteiger partial charge in [0.15, 0.2) is 5.75 Å². The van der Waals surface area contributed by atoms with Gasteiger partial charge in [-0.05, 0) is 24.7 Å². The Morgan fingerprint density at radius 3 is 2.50 bits per heavy atom. The lowest BCUT2D eigenvalue weighted by Crippen LogP contribution is -2.35. The summed E-state index contributed by atoms with van der Waals surface area (Å²) in [5, 5.41) is 17.4. The van der Waals surface area contributed by atoms with Crippen molar-refractivity contribution in [3.8, 4) is 0 Å². The largest absolute Gasteiger partial charge is 0.480 e. The molecule has 0 amide bonds. The van der Waals surface area contributed by atoms with Crippen LogP contribution in [-0.2, 0) is 14.8 Å². The number of carboxylic acids is 1. The van der Waals surface area contributed by atoms with Crippen molar-refractivity contribution in [2.24, 2.45) is 11.8 Å². The molecule has 0 bridgehead atoms. The van der Waals surface area contributed by atoms with Crippen LogP contribution in [0.3, 0.4) is 0 Å². The lowest BCUT2D eigenvalue weighted by Gasteiger charge is -2.17. The first kappa shape index (κ1) is 13.4. The maximum atomic E-state index is 11.2. The van der Waals surface area contributed by atoms with E-state index in [1.54, 1.807) is 0 Å². The number of rotatable bonds is 6. The first-order chi connectivity index (χ1) is 7.44. The van der Waals surface area contributed by atoms with Gasteiger partial charge in [0.05, 0.1) is 0 Å². The number of carboxylic acid groups (broad SMARTS) is 1. The lowest BCUT2D eigenvalue weighted by atomic mass is 9.97. The molecule has 0 aromatic carbocycles. The fourth-order valence-electron chi connectivity index (χ4n) is 2.07. The van der Waals surface area contributed by atoms with E-state index in [0.29, 0.717) is 0 Å². The van der Waals surface area contributed by atoms with E-state index in [4.69, 9.17) is 10.2 Å². The van der Waals surface area contributed by atoms with Crippen molar-refractivity contribution in [2.45, 2.75) is 19.3 Å². The lowest BCUT2D eigenvalue weighted by molar-refractivity contribution is -0.134. The second kappa shape index (κ2) is 5.60. The summed E-state index contributed by atoms with van der Waals surface area (Å²) in [5.41, 5.74) is 0. The minimum atomic E-state index is -3.73. The van der Waals surface area contributed by atoms with Crippen LogP contribution < -0.4 is 4.72 Å². The molecular formula is C9H17NO5S. The molecule has 2 atom stereocenters. The van der Waals surface area contributed by atoms with Crippen LogP contribution in [0.25, 0.3) is 0 Å². The van der Waals surface area contributed by atoms with E-state index < -0.39 is 21.7 Å². The molecule has 1 aliphatic carbocycles. The second-order valence-corrected chi connectivity index (χ2v) is 5.94. The molecular weight excluding hydrogens is 234 g/mol. The molecule has 3 N–H and O–H groups in total. The van der Waals surface area contributed by atoms with Crippen LogP contribution in [0.1, 0.15) is 19.3 Å². The summed E-state index contributed by atoms with van der Waals surface area (Å²) in [7, 11) is -3.73. The van der Waals surface area contributed by atoms with E-state index in [9.17, 15) is 13.2 Å². The molecule has 0 aromatic heterocycles. The third kappa shape index (κ3) is 4.07. The second-order valence-electron chi connectivity index (χ2n) is 4.13. The van der Waals surface area contributed by atoms with Gasteiger partial charge in [0.1, 0.15) is 0 Å². The highest BCUT2D eigenvalue weighted by Gasteiger charge is 2.28. The summed E-state index contributed by atoms with van der Waals surface area (Å²) in [4.78, 5) is 10.3. The molecule has 7 heteroatoms. The Labute approximate surface area is 94.7 Å². The molecule has 94 valence electrons. The molecule has 1 rings (SSSR count). The smallest absolute Gasteiger partial charge is 0.320 e. The van der Waals surface area contributed by atoms with Crippen LogP contribution in [0.4, 0.5) is 0 Å². The Kier molecular flexibility index (Phi) is 4.69. The van der Waals surface area contributed by atoms with Gasteiger partial charge in [-0.15, -0.1) is 0 Å². The highest BCUT2D eigenvalue weighted by molar-refractivity contribution is 7.90. The van der Waals surface area contributed by atoms with Gasteiger partial charge in [0, 0.05) is 13.2 Å². The summed E-state index contributed by atoms with van der Waals surface area (Å²) in [6.07, 6.45) is 2.76. The van der Waals surface area contributed by atoms with Crippen molar-refractivity contribution in [3.63, 3.8) is 0 Å². The molecule has 0 spiro atoms. The summed E-state index contributed by atoms with van der Waals surface area (Å²) < 4.78 is 24.8. The van der Waals surface area contributed by atoms with Gasteiger partial charge in [-0.2, -0.15) is 0 Å². The molecule has 1 fully saturated rings. The van der Waals surface area contributed by atoms with Crippen LogP contribution >= 0.6 is 0 Å². The Hall–Kier alpha value is -0.660. The minimum absolute atomic E-state index is 0.0608. The number of aliphatic carboxylic acids is 1. The zero-order valence-electron chi connectivity index (χ0n) is 8.92. The third-order valence-electron chi connectivity index (χ3n) is 2.93. The Balaban J connectivity index is 2.42. The molecule has 0 radical (unpaired) electrons. The highest BCUT2D eigenvalue weighted by Crippen LogP contribution is 2.30. The monoisotopic (exact) mass is 251 g/mol. The standard InChI is InChI=1S/C9H17NO5S/c11-5-8-3-1-2-7(8)4-10-16(14,15)6-9(12)13/h7-8,10-11H,1-6H2,(H,12,13). The van der Waals surface area contributed by atoms with Crippen molar-refractivity contribution in [2.75, 3.05) is 18.9 Å². The van der Waals surface area contributed by atoms with Crippen molar-refractivity contribution in [1.82, 2.24) is 4.72 Å². The number of aliphatic hydroxyl groups is 1. The van der Waals surface area contributed by atoms with E-state index in [1.807, 2.05) is 0 Å². The number of carbonyl (C=O) groups is 1. The molecule has 1 saturated carbocycles. The summed E-state index contributed by atoms with van der Waals surface area (Å²) in [6.45, 7) is 0.284. The van der Waals surface area contributed by atoms with Gasteiger partial charge in [0.2, 0.25) is 10.0 Å². The summed E-state index contributed by atoms with van der Waals surface area (Å²) in [5.74, 6) is -2.01. The fraction of sp³-hybridized carbons (Fsp3) is 0.889. The first-order valence-corrected chi connectivity index (χ1v) is 6.90. The zero-order valence-corrected chi connectivity index (χ0v) is 9.74. The Bertz CT molecular complexity index is 340. The van der Waals surface area contributed by atoms with Gasteiger partial charge in [-0.25, -0.2) is 13.1 Å². The van der Waals surface area contributed by atoms with Crippen molar-refractivity contribution in [3.05, 3.63) is 0 Å². The van der Waals surface area contributed by atoms with E-state index in [2.05, 4.69) is 4.72 Å². The Morgan fingerprint density at radius 2 is 1.94 bits per heavy atom. The molecule has 2 unspecified atom stereocenters. The Morgan fingerprint density at radius 1 is 1.31 bits per heavy atom. The van der Waals surface area contributed by atoms with E-state index in [0.717, 1.165) is 19.3 Å². The number of nitrogens with one attached hydrogen (secondary N) is 1. The van der Waals surface area contributed by atoms with Crippen LogP contribution in [0.5, 0.6) is 0 Å². The van der Waals surface area contributed by atoms with Crippen LogP contribution in [-0.4, -0.2) is 43.5 Å². The third-order valence-corrected chi connectivity index (χ3v) is 4.16. The average Bonchev–Trinajstić information content (AvgIpc) is 2.59. The molecule has 0 saturated heterocycles. The molecule has 6 nitrogen and oxygen atoms in total. The van der Waals surface area contributed by atoms with Gasteiger partial charge in [0.25, 0.3) is 0 Å². The van der Waals surface area contributed by atoms with E-state index in [-0.39, 0.29) is 25.0 Å². The SMILES string of the molecule is O=C(O)CS(=O)(=O)NCC1CCCC1CO. The van der Waals surface area contributed by atoms with Gasteiger partial charge in [-0.1, -0.05) is 6.42 Å². The van der Waals surface area contributed by atoms with Crippen molar-refractivity contribution in [1.29, 1.82) is 0 Å². The number of aliphatic hydroxyl groups excluding tert-OH is 1. The maximum absolute atomic E-state index is 11.2. The van der Waals surface area contributed by atoms with Crippen LogP contribution in [0, 0.1) is 11.8 Å².